The van der Waals surface area contributed by atoms with Crippen molar-refractivity contribution in [3.8, 4) is 11.1 Å². The summed E-state index contributed by atoms with van der Waals surface area (Å²) in [6.07, 6.45) is 6.59. The molecule has 2 heterocycles. The van der Waals surface area contributed by atoms with Gasteiger partial charge >= 0.3 is 5.97 Å². The first-order valence-corrected chi connectivity index (χ1v) is 14.4. The molecule has 5 rings (SSSR count). The molecule has 8 heteroatoms. The highest BCUT2D eigenvalue weighted by atomic mass is 19.1. The smallest absolute Gasteiger partial charge is 0.341 e. The van der Waals surface area contributed by atoms with Gasteiger partial charge in [0.15, 0.2) is 0 Å². The van der Waals surface area contributed by atoms with E-state index in [1.807, 2.05) is 12.1 Å². The summed E-state index contributed by atoms with van der Waals surface area (Å²) in [6, 6.07) is 17.3. The van der Waals surface area contributed by atoms with Crippen molar-refractivity contribution < 1.29 is 23.1 Å². The van der Waals surface area contributed by atoms with Crippen LogP contribution < -0.4 is 10.2 Å². The van der Waals surface area contributed by atoms with Crippen LogP contribution in [0.15, 0.2) is 60.7 Å². The van der Waals surface area contributed by atoms with Crippen LogP contribution in [0.25, 0.3) is 11.1 Å². The maximum Gasteiger partial charge on any atom is 0.341 e. The fourth-order valence-corrected chi connectivity index (χ4v) is 5.97. The number of nitrogens with zero attached hydrogens (tertiary/aromatic N) is 2. The SMILES string of the molecule is COC(=O)c1c(F)cccc1-c1ccc(CNC(=O)Cc2ccc(N3CCC(N4CCCCC4)CC3)cc2)c(F)c1. The zero-order chi connectivity index (χ0) is 28.8. The Bertz CT molecular complexity index is 1360. The van der Waals surface area contributed by atoms with Crippen LogP contribution in [0.4, 0.5) is 14.5 Å². The molecule has 2 saturated heterocycles. The second kappa shape index (κ2) is 13.3. The molecular formula is C33H37F2N3O3. The van der Waals surface area contributed by atoms with Gasteiger partial charge in [0, 0.05) is 36.9 Å². The molecule has 0 unspecified atom stereocenters. The summed E-state index contributed by atoms with van der Waals surface area (Å²) in [5.74, 6) is -2.34. The van der Waals surface area contributed by atoms with E-state index in [2.05, 4.69) is 32.0 Å². The predicted octanol–water partition coefficient (Wildman–Crippen LogP) is 5.73. The van der Waals surface area contributed by atoms with Gasteiger partial charge in [0.25, 0.3) is 0 Å². The lowest BCUT2D eigenvalue weighted by atomic mass is 9.98. The number of halogens is 2. The maximum absolute atomic E-state index is 14.9. The number of ether oxygens (including phenoxy) is 1. The lowest BCUT2D eigenvalue weighted by molar-refractivity contribution is -0.120. The fraction of sp³-hybridized carbons (Fsp3) is 0.394. The second-order valence-electron chi connectivity index (χ2n) is 10.9. The number of carbonyl (C=O) groups excluding carboxylic acids is 2. The molecular weight excluding hydrogens is 524 g/mol. The summed E-state index contributed by atoms with van der Waals surface area (Å²) >= 11 is 0. The van der Waals surface area contributed by atoms with Crippen LogP contribution in [0.5, 0.6) is 0 Å². The van der Waals surface area contributed by atoms with Crippen LogP contribution in [0, 0.1) is 11.6 Å². The monoisotopic (exact) mass is 561 g/mol. The largest absolute Gasteiger partial charge is 0.465 e. The van der Waals surface area contributed by atoms with Crippen molar-refractivity contribution in [2.45, 2.75) is 51.1 Å². The normalized spacial score (nSPS) is 16.4. The molecule has 3 aromatic rings. The molecule has 0 radical (unpaired) electrons. The van der Waals surface area contributed by atoms with Crippen LogP contribution in [0.1, 0.15) is 53.6 Å². The number of benzene rings is 3. The van der Waals surface area contributed by atoms with E-state index in [9.17, 15) is 18.4 Å². The van der Waals surface area contributed by atoms with E-state index in [0.717, 1.165) is 24.7 Å². The standard InChI is InChI=1S/C33H37F2N3O3/c1-41-33(40)32-28(6-5-7-29(32)34)24-10-11-25(30(35)21-24)22-36-31(39)20-23-8-12-26(13-9-23)38-18-14-27(15-19-38)37-16-3-2-4-17-37/h5-13,21,27H,2-4,14-20,22H2,1H3,(H,36,39). The topological polar surface area (TPSA) is 61.9 Å². The van der Waals surface area contributed by atoms with Gasteiger partial charge in [-0.25, -0.2) is 13.6 Å². The molecule has 0 spiro atoms. The van der Waals surface area contributed by atoms with E-state index >= 15 is 0 Å². The van der Waals surface area contributed by atoms with Crippen molar-refractivity contribution in [1.29, 1.82) is 0 Å². The Morgan fingerprint density at radius 1 is 0.902 bits per heavy atom. The summed E-state index contributed by atoms with van der Waals surface area (Å²) in [5.41, 5.74) is 2.70. The van der Waals surface area contributed by atoms with Gasteiger partial charge in [-0.3, -0.25) is 4.79 Å². The number of hydrogen-bond donors (Lipinski definition) is 1. The first-order chi connectivity index (χ1) is 19.9. The second-order valence-corrected chi connectivity index (χ2v) is 10.9. The number of carbonyl (C=O) groups is 2. The molecule has 3 aromatic carbocycles. The Labute approximate surface area is 240 Å². The highest BCUT2D eigenvalue weighted by molar-refractivity contribution is 5.97. The minimum absolute atomic E-state index is 0.0159. The third kappa shape index (κ3) is 6.93. The summed E-state index contributed by atoms with van der Waals surface area (Å²) in [6.45, 7) is 4.60. The first kappa shape index (κ1) is 28.7. The number of likely N-dealkylation sites (tertiary alicyclic amines) is 1. The van der Waals surface area contributed by atoms with Gasteiger partial charge in [-0.1, -0.05) is 42.8 Å². The van der Waals surface area contributed by atoms with E-state index in [4.69, 9.17) is 0 Å². The van der Waals surface area contributed by atoms with Crippen molar-refractivity contribution >= 4 is 17.6 Å². The number of nitrogens with one attached hydrogen (secondary N) is 1. The Morgan fingerprint density at radius 2 is 1.63 bits per heavy atom. The Morgan fingerprint density at radius 3 is 2.32 bits per heavy atom. The summed E-state index contributed by atoms with van der Waals surface area (Å²) < 4.78 is 33.9. The Balaban J connectivity index is 1.13. The molecule has 2 fully saturated rings. The van der Waals surface area contributed by atoms with Crippen LogP contribution in [-0.2, 0) is 22.5 Å². The zero-order valence-corrected chi connectivity index (χ0v) is 23.5. The number of anilines is 1. The highest BCUT2D eigenvalue weighted by Crippen LogP contribution is 2.28. The van der Waals surface area contributed by atoms with Gasteiger partial charge in [-0.05, 0) is 79.7 Å². The van der Waals surface area contributed by atoms with Gasteiger partial charge < -0.3 is 19.9 Å². The summed E-state index contributed by atoms with van der Waals surface area (Å²) in [7, 11) is 1.17. The molecule has 41 heavy (non-hydrogen) atoms. The van der Waals surface area contributed by atoms with Gasteiger partial charge in [0.2, 0.25) is 5.91 Å². The molecule has 2 aliphatic heterocycles. The number of esters is 1. The molecule has 6 nitrogen and oxygen atoms in total. The molecule has 0 aromatic heterocycles. The first-order valence-electron chi connectivity index (χ1n) is 14.4. The summed E-state index contributed by atoms with van der Waals surface area (Å²) in [5, 5.41) is 2.78. The number of methoxy groups -OCH3 is 1. The van der Waals surface area contributed by atoms with Gasteiger partial charge in [-0.2, -0.15) is 0 Å². The van der Waals surface area contributed by atoms with E-state index in [1.54, 1.807) is 6.07 Å². The van der Waals surface area contributed by atoms with Gasteiger partial charge in [-0.15, -0.1) is 0 Å². The average Bonchev–Trinajstić information content (AvgIpc) is 3.01. The molecule has 1 amide bonds. The van der Waals surface area contributed by atoms with Crippen molar-refractivity contribution in [2.75, 3.05) is 38.2 Å². The van der Waals surface area contributed by atoms with Crippen LogP contribution in [0.2, 0.25) is 0 Å². The molecule has 1 N–H and O–H groups in total. The molecule has 0 aliphatic carbocycles. The predicted molar refractivity (Wildman–Crippen MR) is 156 cm³/mol. The van der Waals surface area contributed by atoms with Gasteiger partial charge in [0.1, 0.15) is 17.2 Å². The van der Waals surface area contributed by atoms with Crippen molar-refractivity contribution in [2.24, 2.45) is 0 Å². The van der Waals surface area contributed by atoms with Crippen LogP contribution in [0.3, 0.4) is 0 Å². The van der Waals surface area contributed by atoms with E-state index < -0.39 is 17.6 Å². The van der Waals surface area contributed by atoms with Gasteiger partial charge in [0.05, 0.1) is 13.5 Å². The quantitative estimate of drug-likeness (QED) is 0.356. The van der Waals surface area contributed by atoms with Crippen LogP contribution in [-0.4, -0.2) is 56.1 Å². The number of amides is 1. The number of piperidine rings is 2. The van der Waals surface area contributed by atoms with E-state index in [-0.39, 0.29) is 30.0 Å². The molecule has 0 bridgehead atoms. The Kier molecular flexibility index (Phi) is 9.29. The van der Waals surface area contributed by atoms with E-state index in [1.165, 1.54) is 82.3 Å². The van der Waals surface area contributed by atoms with Crippen molar-refractivity contribution in [1.82, 2.24) is 10.2 Å². The zero-order valence-electron chi connectivity index (χ0n) is 23.5. The lowest BCUT2D eigenvalue weighted by Gasteiger charge is -2.41. The highest BCUT2D eigenvalue weighted by Gasteiger charge is 2.25. The third-order valence-corrected chi connectivity index (χ3v) is 8.28. The molecule has 2 aliphatic rings. The maximum atomic E-state index is 14.9. The average molecular weight is 562 g/mol. The van der Waals surface area contributed by atoms with Crippen molar-refractivity contribution in [3.63, 3.8) is 0 Å². The summed E-state index contributed by atoms with van der Waals surface area (Å²) in [4.78, 5) is 29.8. The van der Waals surface area contributed by atoms with E-state index in [0.29, 0.717) is 17.2 Å². The fourth-order valence-electron chi connectivity index (χ4n) is 5.97. The number of rotatable bonds is 8. The Hall–Kier alpha value is -3.78. The minimum Gasteiger partial charge on any atom is -0.465 e. The minimum atomic E-state index is -0.833. The third-order valence-electron chi connectivity index (χ3n) is 8.28. The van der Waals surface area contributed by atoms with Crippen LogP contribution >= 0.6 is 0 Å². The molecule has 0 atom stereocenters. The van der Waals surface area contributed by atoms with Crippen molar-refractivity contribution in [3.05, 3.63) is 89.0 Å². The molecule has 0 saturated carbocycles. The lowest BCUT2D eigenvalue weighted by Crippen LogP contribution is -2.46. The molecule has 216 valence electrons. The number of hydrogen-bond acceptors (Lipinski definition) is 5.